The van der Waals surface area contributed by atoms with Crippen molar-refractivity contribution in [1.29, 1.82) is 0 Å². The van der Waals surface area contributed by atoms with E-state index in [1.165, 1.54) is 43.6 Å². The molecule has 1 fully saturated rings. The van der Waals surface area contributed by atoms with E-state index in [0.29, 0.717) is 0 Å². The summed E-state index contributed by atoms with van der Waals surface area (Å²) in [5.41, 5.74) is 4.45. The molecule has 2 heteroatoms. The lowest BCUT2D eigenvalue weighted by atomic mass is 9.86. The van der Waals surface area contributed by atoms with E-state index >= 15 is 0 Å². The number of likely N-dealkylation sites (tertiary alicyclic amines) is 1. The first-order valence-electron chi connectivity index (χ1n) is 7.15. The zero-order valence-corrected chi connectivity index (χ0v) is 12.0. The third kappa shape index (κ3) is 3.33. The van der Waals surface area contributed by atoms with Crippen molar-refractivity contribution in [3.05, 3.63) is 34.9 Å². The quantitative estimate of drug-likeness (QED) is 0.879. The van der Waals surface area contributed by atoms with Crippen LogP contribution in [0, 0.1) is 13.8 Å². The number of piperidine rings is 1. The van der Waals surface area contributed by atoms with Crippen LogP contribution in [-0.4, -0.2) is 38.1 Å². The smallest absolute Gasteiger partial charge is 0.0107 e. The van der Waals surface area contributed by atoms with Gasteiger partial charge in [0.15, 0.2) is 0 Å². The van der Waals surface area contributed by atoms with Crippen LogP contribution in [0.4, 0.5) is 0 Å². The van der Waals surface area contributed by atoms with E-state index in [9.17, 15) is 0 Å². The molecule has 2 nitrogen and oxygen atoms in total. The molecule has 1 aliphatic rings. The second kappa shape index (κ2) is 6.35. The molecule has 18 heavy (non-hydrogen) atoms. The lowest BCUT2D eigenvalue weighted by molar-refractivity contribution is 0.214. The Balaban J connectivity index is 1.94. The first kappa shape index (κ1) is 13.6. The molecule has 1 heterocycles. The van der Waals surface area contributed by atoms with Gasteiger partial charge in [-0.2, -0.15) is 0 Å². The van der Waals surface area contributed by atoms with E-state index in [1.807, 2.05) is 7.05 Å². The summed E-state index contributed by atoms with van der Waals surface area (Å²) >= 11 is 0. The number of likely N-dealkylation sites (N-methyl/N-ethyl adjacent to an activating group) is 1. The van der Waals surface area contributed by atoms with Gasteiger partial charge in [-0.1, -0.05) is 23.8 Å². The molecule has 1 aliphatic heterocycles. The SMILES string of the molecule is CNCCN1CCC(c2cc(C)ccc2C)CC1. The van der Waals surface area contributed by atoms with E-state index < -0.39 is 0 Å². The van der Waals surface area contributed by atoms with Crippen LogP contribution < -0.4 is 5.32 Å². The van der Waals surface area contributed by atoms with Crippen molar-refractivity contribution in [2.24, 2.45) is 0 Å². The molecule has 0 aromatic heterocycles. The molecule has 0 saturated carbocycles. The van der Waals surface area contributed by atoms with E-state index in [4.69, 9.17) is 0 Å². The predicted molar refractivity (Wildman–Crippen MR) is 78.3 cm³/mol. The zero-order valence-electron chi connectivity index (χ0n) is 12.0. The standard InChI is InChI=1S/C16H26N2/c1-13-4-5-14(2)16(12-13)15-6-9-18(10-7-15)11-8-17-3/h4-5,12,15,17H,6-11H2,1-3H3. The molecular weight excluding hydrogens is 220 g/mol. The molecule has 0 unspecified atom stereocenters. The highest BCUT2D eigenvalue weighted by atomic mass is 15.1. The topological polar surface area (TPSA) is 15.3 Å². The molecular formula is C16H26N2. The molecule has 1 N–H and O–H groups in total. The summed E-state index contributed by atoms with van der Waals surface area (Å²) in [6.45, 7) is 9.25. The minimum absolute atomic E-state index is 0.774. The first-order valence-corrected chi connectivity index (χ1v) is 7.15. The number of nitrogens with zero attached hydrogens (tertiary/aromatic N) is 1. The maximum absolute atomic E-state index is 3.23. The maximum atomic E-state index is 3.23. The van der Waals surface area contributed by atoms with Crippen molar-refractivity contribution < 1.29 is 0 Å². The molecule has 0 bridgehead atoms. The van der Waals surface area contributed by atoms with Gasteiger partial charge in [0, 0.05) is 13.1 Å². The molecule has 1 aromatic rings. The van der Waals surface area contributed by atoms with E-state index in [0.717, 1.165) is 12.5 Å². The largest absolute Gasteiger partial charge is 0.318 e. The Morgan fingerprint density at radius 2 is 1.94 bits per heavy atom. The highest BCUT2D eigenvalue weighted by Crippen LogP contribution is 2.30. The zero-order chi connectivity index (χ0) is 13.0. The second-order valence-corrected chi connectivity index (χ2v) is 5.58. The molecule has 0 aliphatic carbocycles. The van der Waals surface area contributed by atoms with Gasteiger partial charge in [0.2, 0.25) is 0 Å². The van der Waals surface area contributed by atoms with Gasteiger partial charge in [-0.05, 0) is 63.9 Å². The van der Waals surface area contributed by atoms with Gasteiger partial charge in [-0.25, -0.2) is 0 Å². The Hall–Kier alpha value is -0.860. The lowest BCUT2D eigenvalue weighted by Gasteiger charge is -2.32. The Kier molecular flexibility index (Phi) is 4.79. The van der Waals surface area contributed by atoms with Crippen LogP contribution in [0.25, 0.3) is 0 Å². The van der Waals surface area contributed by atoms with Gasteiger partial charge in [-0.3, -0.25) is 0 Å². The summed E-state index contributed by atoms with van der Waals surface area (Å²) in [4.78, 5) is 2.58. The highest BCUT2D eigenvalue weighted by molar-refractivity contribution is 5.33. The van der Waals surface area contributed by atoms with Gasteiger partial charge in [0.25, 0.3) is 0 Å². The average molecular weight is 246 g/mol. The molecule has 1 saturated heterocycles. The second-order valence-electron chi connectivity index (χ2n) is 5.58. The van der Waals surface area contributed by atoms with Crippen LogP contribution in [0.2, 0.25) is 0 Å². The minimum Gasteiger partial charge on any atom is -0.318 e. The molecule has 1 aromatic carbocycles. The fourth-order valence-electron chi connectivity index (χ4n) is 2.94. The van der Waals surface area contributed by atoms with E-state index in [1.54, 1.807) is 5.56 Å². The lowest BCUT2D eigenvalue weighted by Crippen LogP contribution is -2.37. The molecule has 0 spiro atoms. The minimum atomic E-state index is 0.774. The predicted octanol–water partition coefficient (Wildman–Crippen LogP) is 2.70. The van der Waals surface area contributed by atoms with Crippen LogP contribution in [0.5, 0.6) is 0 Å². The fourth-order valence-corrected chi connectivity index (χ4v) is 2.94. The van der Waals surface area contributed by atoms with Crippen LogP contribution >= 0.6 is 0 Å². The van der Waals surface area contributed by atoms with Gasteiger partial charge in [-0.15, -0.1) is 0 Å². The first-order chi connectivity index (χ1) is 8.70. The highest BCUT2D eigenvalue weighted by Gasteiger charge is 2.21. The van der Waals surface area contributed by atoms with Crippen molar-refractivity contribution in [2.75, 3.05) is 33.2 Å². The molecule has 0 amide bonds. The van der Waals surface area contributed by atoms with Crippen molar-refractivity contribution >= 4 is 0 Å². The molecule has 100 valence electrons. The Morgan fingerprint density at radius 1 is 1.22 bits per heavy atom. The van der Waals surface area contributed by atoms with Gasteiger partial charge < -0.3 is 10.2 Å². The number of hydrogen-bond acceptors (Lipinski definition) is 2. The van der Waals surface area contributed by atoms with Crippen molar-refractivity contribution in [3.63, 3.8) is 0 Å². The normalized spacial score (nSPS) is 18.2. The summed E-state index contributed by atoms with van der Waals surface area (Å²) < 4.78 is 0. The molecule has 2 rings (SSSR count). The third-order valence-corrected chi connectivity index (χ3v) is 4.14. The Labute approximate surface area is 111 Å². The van der Waals surface area contributed by atoms with Gasteiger partial charge >= 0.3 is 0 Å². The Morgan fingerprint density at radius 3 is 2.61 bits per heavy atom. The summed E-state index contributed by atoms with van der Waals surface area (Å²) in [5, 5.41) is 3.23. The summed E-state index contributed by atoms with van der Waals surface area (Å²) in [6.07, 6.45) is 2.63. The number of rotatable bonds is 4. The Bertz CT molecular complexity index is 379. The number of benzene rings is 1. The van der Waals surface area contributed by atoms with Crippen LogP contribution in [-0.2, 0) is 0 Å². The summed E-state index contributed by atoms with van der Waals surface area (Å²) in [7, 11) is 2.03. The van der Waals surface area contributed by atoms with Crippen molar-refractivity contribution in [2.45, 2.75) is 32.6 Å². The summed E-state index contributed by atoms with van der Waals surface area (Å²) in [5.74, 6) is 0.774. The maximum Gasteiger partial charge on any atom is 0.0107 e. The van der Waals surface area contributed by atoms with Crippen molar-refractivity contribution in [3.8, 4) is 0 Å². The van der Waals surface area contributed by atoms with Crippen LogP contribution in [0.3, 0.4) is 0 Å². The molecule has 0 radical (unpaired) electrons. The van der Waals surface area contributed by atoms with Crippen molar-refractivity contribution in [1.82, 2.24) is 10.2 Å². The van der Waals surface area contributed by atoms with Gasteiger partial charge in [0.05, 0.1) is 0 Å². The van der Waals surface area contributed by atoms with Gasteiger partial charge in [0.1, 0.15) is 0 Å². The fraction of sp³-hybridized carbons (Fsp3) is 0.625. The van der Waals surface area contributed by atoms with Crippen LogP contribution in [0.1, 0.15) is 35.4 Å². The van der Waals surface area contributed by atoms with E-state index in [-0.39, 0.29) is 0 Å². The third-order valence-electron chi connectivity index (χ3n) is 4.14. The summed E-state index contributed by atoms with van der Waals surface area (Å²) in [6, 6.07) is 6.89. The average Bonchev–Trinajstić information content (AvgIpc) is 2.40. The number of hydrogen-bond donors (Lipinski definition) is 1. The molecule has 0 atom stereocenters. The number of aryl methyl sites for hydroxylation is 2. The number of nitrogens with one attached hydrogen (secondary N) is 1. The van der Waals surface area contributed by atoms with E-state index in [2.05, 4.69) is 42.3 Å². The van der Waals surface area contributed by atoms with Crippen LogP contribution in [0.15, 0.2) is 18.2 Å². The monoisotopic (exact) mass is 246 g/mol.